The van der Waals surface area contributed by atoms with Crippen molar-refractivity contribution in [2.24, 2.45) is 34.5 Å². The fourth-order valence-electron chi connectivity index (χ4n) is 8.03. The number of ether oxygens (including phenoxy) is 1. The van der Waals surface area contributed by atoms with Gasteiger partial charge >= 0.3 is 5.97 Å². The predicted octanol–water partition coefficient (Wildman–Crippen LogP) is 5.11. The number of fused-ring (bicyclic) bond motifs is 5. The molecule has 0 aromatic carbocycles. The first-order chi connectivity index (χ1) is 12.8. The highest BCUT2D eigenvalue weighted by molar-refractivity contribution is 5.66. The van der Waals surface area contributed by atoms with Crippen LogP contribution in [0, 0.1) is 34.5 Å². The van der Waals surface area contributed by atoms with Gasteiger partial charge in [0.15, 0.2) is 0 Å². The summed E-state index contributed by atoms with van der Waals surface area (Å²) in [5.74, 6) is 3.28. The summed E-state index contributed by atoms with van der Waals surface area (Å²) in [6, 6.07) is 0.626. The first-order valence-electron chi connectivity index (χ1n) is 11.3. The molecule has 3 nitrogen and oxygen atoms in total. The molecule has 4 aliphatic carbocycles. The Morgan fingerprint density at radius 2 is 1.96 bits per heavy atom. The molecular weight excluding hydrogens is 334 g/mol. The Labute approximate surface area is 165 Å². The van der Waals surface area contributed by atoms with E-state index in [1.54, 1.807) is 12.5 Å². The minimum absolute atomic E-state index is 0.111. The zero-order valence-corrected chi connectivity index (χ0v) is 18.0. The minimum Gasteiger partial charge on any atom is -0.462 e. The van der Waals surface area contributed by atoms with E-state index in [4.69, 9.17) is 4.74 Å². The number of carbonyl (C=O) groups excluding carboxylic acids is 1. The summed E-state index contributed by atoms with van der Waals surface area (Å²) in [7, 11) is 2.13. The van der Waals surface area contributed by atoms with Gasteiger partial charge in [-0.15, -0.1) is 0 Å². The van der Waals surface area contributed by atoms with Crippen LogP contribution in [0.1, 0.15) is 79.1 Å². The van der Waals surface area contributed by atoms with Crippen LogP contribution in [-0.2, 0) is 9.53 Å². The van der Waals surface area contributed by atoms with E-state index in [1.807, 2.05) is 0 Å². The summed E-state index contributed by atoms with van der Waals surface area (Å²) in [6.45, 7) is 9.08. The first-order valence-corrected chi connectivity index (χ1v) is 11.3. The van der Waals surface area contributed by atoms with Gasteiger partial charge in [0, 0.05) is 19.4 Å². The lowest BCUT2D eigenvalue weighted by atomic mass is 9.47. The number of rotatable bonds is 3. The third-order valence-corrected chi connectivity index (χ3v) is 9.52. The SMILES string of the molecule is CN[C@@H](C)[C@@H]1CC[C@H]2[C@H]3CC=C4C[C@@H](OC(C)=O)CC[C@]4(C)[C@@H]3CC[C@@]21C. The van der Waals surface area contributed by atoms with Crippen molar-refractivity contribution >= 4 is 5.97 Å². The van der Waals surface area contributed by atoms with Crippen molar-refractivity contribution in [3.05, 3.63) is 11.6 Å². The zero-order chi connectivity index (χ0) is 19.4. The van der Waals surface area contributed by atoms with Gasteiger partial charge in [0.25, 0.3) is 0 Å². The van der Waals surface area contributed by atoms with Crippen LogP contribution in [0.2, 0.25) is 0 Å². The van der Waals surface area contributed by atoms with Gasteiger partial charge in [-0.05, 0) is 93.4 Å². The maximum atomic E-state index is 11.4. The molecule has 152 valence electrons. The van der Waals surface area contributed by atoms with Crippen LogP contribution in [0.15, 0.2) is 11.6 Å². The molecule has 0 saturated heterocycles. The van der Waals surface area contributed by atoms with Gasteiger partial charge in [-0.1, -0.05) is 25.5 Å². The lowest BCUT2D eigenvalue weighted by molar-refractivity contribution is -0.148. The summed E-state index contributed by atoms with van der Waals surface area (Å²) in [5, 5.41) is 3.56. The van der Waals surface area contributed by atoms with Crippen molar-refractivity contribution in [2.75, 3.05) is 7.05 Å². The van der Waals surface area contributed by atoms with E-state index in [9.17, 15) is 4.79 Å². The first kappa shape index (κ1) is 19.5. The van der Waals surface area contributed by atoms with Crippen LogP contribution < -0.4 is 5.32 Å². The molecule has 3 saturated carbocycles. The minimum atomic E-state index is -0.123. The summed E-state index contributed by atoms with van der Waals surface area (Å²) < 4.78 is 5.57. The molecule has 3 heteroatoms. The lowest BCUT2D eigenvalue weighted by Gasteiger charge is -2.58. The molecule has 0 unspecified atom stereocenters. The van der Waals surface area contributed by atoms with Gasteiger partial charge in [0.05, 0.1) is 0 Å². The van der Waals surface area contributed by atoms with Gasteiger partial charge in [-0.3, -0.25) is 4.79 Å². The van der Waals surface area contributed by atoms with E-state index in [2.05, 4.69) is 39.2 Å². The second kappa shape index (κ2) is 6.90. The van der Waals surface area contributed by atoms with Crippen LogP contribution in [0.25, 0.3) is 0 Å². The molecule has 4 aliphatic rings. The fourth-order valence-corrected chi connectivity index (χ4v) is 8.03. The molecule has 0 amide bonds. The molecule has 8 atom stereocenters. The van der Waals surface area contributed by atoms with Gasteiger partial charge in [0.1, 0.15) is 6.10 Å². The monoisotopic (exact) mass is 373 g/mol. The summed E-state index contributed by atoms with van der Waals surface area (Å²) >= 11 is 0. The Balaban J connectivity index is 1.56. The van der Waals surface area contributed by atoms with Crippen molar-refractivity contribution < 1.29 is 9.53 Å². The molecule has 0 bridgehead atoms. The average molecular weight is 374 g/mol. The topological polar surface area (TPSA) is 38.3 Å². The fraction of sp³-hybridized carbons (Fsp3) is 0.875. The highest BCUT2D eigenvalue weighted by Gasteiger charge is 2.59. The molecule has 0 spiro atoms. The maximum absolute atomic E-state index is 11.4. The molecule has 0 aliphatic heterocycles. The summed E-state index contributed by atoms with van der Waals surface area (Å²) in [6.07, 6.45) is 12.7. The highest BCUT2D eigenvalue weighted by atomic mass is 16.5. The van der Waals surface area contributed by atoms with E-state index in [1.165, 1.54) is 38.5 Å². The van der Waals surface area contributed by atoms with E-state index < -0.39 is 0 Å². The third-order valence-electron chi connectivity index (χ3n) is 9.52. The predicted molar refractivity (Wildman–Crippen MR) is 109 cm³/mol. The second-order valence-corrected chi connectivity index (χ2v) is 10.5. The molecule has 0 aromatic rings. The Bertz CT molecular complexity index is 628. The average Bonchev–Trinajstić information content (AvgIpc) is 2.98. The Morgan fingerprint density at radius 1 is 1.19 bits per heavy atom. The van der Waals surface area contributed by atoms with E-state index in [0.29, 0.717) is 16.9 Å². The summed E-state index contributed by atoms with van der Waals surface area (Å²) in [4.78, 5) is 11.4. The zero-order valence-electron chi connectivity index (χ0n) is 18.0. The molecular formula is C24H39NO2. The smallest absolute Gasteiger partial charge is 0.302 e. The Kier molecular flexibility index (Phi) is 4.98. The van der Waals surface area contributed by atoms with Crippen molar-refractivity contribution in [1.82, 2.24) is 5.32 Å². The quantitative estimate of drug-likeness (QED) is 0.552. The number of carbonyl (C=O) groups is 1. The van der Waals surface area contributed by atoms with Crippen molar-refractivity contribution in [2.45, 2.75) is 91.2 Å². The lowest BCUT2D eigenvalue weighted by Crippen LogP contribution is -2.52. The Morgan fingerprint density at radius 3 is 2.67 bits per heavy atom. The van der Waals surface area contributed by atoms with Crippen LogP contribution >= 0.6 is 0 Å². The van der Waals surface area contributed by atoms with Crippen molar-refractivity contribution in [3.8, 4) is 0 Å². The molecule has 4 rings (SSSR count). The summed E-state index contributed by atoms with van der Waals surface area (Å²) in [5.41, 5.74) is 2.45. The third kappa shape index (κ3) is 2.99. The molecule has 0 heterocycles. The molecule has 0 aromatic heterocycles. The normalized spacial score (nSPS) is 47.3. The Hall–Kier alpha value is -0.830. The number of esters is 1. The van der Waals surface area contributed by atoms with Crippen LogP contribution in [0.3, 0.4) is 0 Å². The number of nitrogens with one attached hydrogen (secondary N) is 1. The number of allylic oxidation sites excluding steroid dienone is 1. The van der Waals surface area contributed by atoms with Crippen molar-refractivity contribution in [1.29, 1.82) is 0 Å². The van der Waals surface area contributed by atoms with E-state index in [-0.39, 0.29) is 12.1 Å². The van der Waals surface area contributed by atoms with Gasteiger partial charge in [0.2, 0.25) is 0 Å². The number of hydrogen-bond acceptors (Lipinski definition) is 3. The maximum Gasteiger partial charge on any atom is 0.302 e. The van der Waals surface area contributed by atoms with Crippen LogP contribution in [0.4, 0.5) is 0 Å². The van der Waals surface area contributed by atoms with Gasteiger partial charge in [-0.2, -0.15) is 0 Å². The molecule has 1 N–H and O–H groups in total. The molecule has 3 fully saturated rings. The van der Waals surface area contributed by atoms with Crippen LogP contribution in [-0.4, -0.2) is 25.2 Å². The van der Waals surface area contributed by atoms with E-state index >= 15 is 0 Å². The van der Waals surface area contributed by atoms with E-state index in [0.717, 1.165) is 36.5 Å². The molecule has 27 heavy (non-hydrogen) atoms. The van der Waals surface area contributed by atoms with Gasteiger partial charge in [-0.25, -0.2) is 0 Å². The molecule has 0 radical (unpaired) electrons. The standard InChI is InChI=1S/C24H39NO2/c1-15(25-5)20-8-9-21-19-7-6-17-14-18(27-16(2)26)10-12-23(17,3)22(19)11-13-24(20,21)4/h6,15,18-22,25H,7-14H2,1-5H3/t15-,18-,19+,20-,21-,22+,23-,24+/m0/s1. The highest BCUT2D eigenvalue weighted by Crippen LogP contribution is 2.66. The van der Waals surface area contributed by atoms with Gasteiger partial charge < -0.3 is 10.1 Å². The second-order valence-electron chi connectivity index (χ2n) is 10.5. The van der Waals surface area contributed by atoms with Crippen LogP contribution in [0.5, 0.6) is 0 Å². The van der Waals surface area contributed by atoms with Crippen molar-refractivity contribution in [3.63, 3.8) is 0 Å². The largest absolute Gasteiger partial charge is 0.462 e. The number of hydrogen-bond donors (Lipinski definition) is 1.